The number of anilines is 1. The maximum atomic E-state index is 14.1. The van der Waals surface area contributed by atoms with E-state index in [0.29, 0.717) is 24.4 Å². The maximum Gasteiger partial charge on any atom is 0.227 e. The van der Waals surface area contributed by atoms with Crippen LogP contribution in [0.4, 0.5) is 10.1 Å². The molecule has 1 amide bonds. The van der Waals surface area contributed by atoms with Crippen LogP contribution in [0, 0.1) is 23.1 Å². The lowest BCUT2D eigenvalue weighted by molar-refractivity contribution is -0.119. The summed E-state index contributed by atoms with van der Waals surface area (Å²) in [5.41, 5.74) is 3.59. The minimum absolute atomic E-state index is 0.134. The molecule has 2 aliphatic rings. The number of carbonyl (C=O) groups excluding carboxylic acids is 1. The first-order chi connectivity index (χ1) is 14.4. The van der Waals surface area contributed by atoms with Crippen LogP contribution in [-0.4, -0.2) is 30.4 Å². The fourth-order valence-corrected chi connectivity index (χ4v) is 4.83. The van der Waals surface area contributed by atoms with Crippen molar-refractivity contribution in [2.45, 2.75) is 45.1 Å². The number of nitrogens with zero attached hydrogens (tertiary/aromatic N) is 3. The second-order valence-corrected chi connectivity index (χ2v) is 9.10. The van der Waals surface area contributed by atoms with E-state index in [0.717, 1.165) is 43.7 Å². The van der Waals surface area contributed by atoms with E-state index in [4.69, 9.17) is 5.26 Å². The normalized spacial score (nSPS) is 17.9. The van der Waals surface area contributed by atoms with Crippen LogP contribution in [0.15, 0.2) is 42.5 Å². The molecule has 0 saturated carbocycles. The minimum atomic E-state index is -0.230. The van der Waals surface area contributed by atoms with Gasteiger partial charge >= 0.3 is 0 Å². The fourth-order valence-electron chi connectivity index (χ4n) is 4.83. The average molecular weight is 406 g/mol. The van der Waals surface area contributed by atoms with E-state index in [-0.39, 0.29) is 17.1 Å². The summed E-state index contributed by atoms with van der Waals surface area (Å²) in [7, 11) is 0. The molecule has 4 nitrogen and oxygen atoms in total. The molecule has 2 aromatic carbocycles. The topological polar surface area (TPSA) is 47.3 Å². The molecule has 2 heterocycles. The van der Waals surface area contributed by atoms with E-state index < -0.39 is 0 Å². The van der Waals surface area contributed by atoms with Crippen LogP contribution in [0.2, 0.25) is 0 Å². The van der Waals surface area contributed by atoms with Crippen molar-refractivity contribution in [1.29, 1.82) is 5.26 Å². The van der Waals surface area contributed by atoms with Gasteiger partial charge < -0.3 is 4.90 Å². The molecule has 2 aliphatic heterocycles. The lowest BCUT2D eigenvalue weighted by atomic mass is 9.74. The van der Waals surface area contributed by atoms with Gasteiger partial charge in [0, 0.05) is 30.6 Å². The Morgan fingerprint density at radius 2 is 1.87 bits per heavy atom. The van der Waals surface area contributed by atoms with Crippen LogP contribution >= 0.6 is 0 Å². The number of rotatable bonds is 4. The molecule has 1 spiro atoms. The molecule has 0 N–H and O–H groups in total. The summed E-state index contributed by atoms with van der Waals surface area (Å²) in [6.45, 7) is 7.41. The number of likely N-dealkylation sites (tertiary alicyclic amines) is 1. The monoisotopic (exact) mass is 405 g/mol. The van der Waals surface area contributed by atoms with Crippen LogP contribution in [-0.2, 0) is 16.8 Å². The number of nitriles is 1. The second-order valence-electron chi connectivity index (χ2n) is 9.10. The van der Waals surface area contributed by atoms with Gasteiger partial charge in [-0.3, -0.25) is 9.69 Å². The Hall–Kier alpha value is -2.71. The molecule has 1 fully saturated rings. The lowest BCUT2D eigenvalue weighted by Crippen LogP contribution is -2.45. The van der Waals surface area contributed by atoms with Gasteiger partial charge in [0.2, 0.25) is 5.91 Å². The number of carbonyl (C=O) groups is 1. The van der Waals surface area contributed by atoms with E-state index in [9.17, 15) is 9.18 Å². The number of hydrogen-bond acceptors (Lipinski definition) is 3. The number of amides is 1. The van der Waals surface area contributed by atoms with Crippen LogP contribution in [0.3, 0.4) is 0 Å². The predicted octanol–water partition coefficient (Wildman–Crippen LogP) is 4.62. The molecule has 1 saturated heterocycles. The van der Waals surface area contributed by atoms with E-state index >= 15 is 0 Å². The zero-order chi connectivity index (χ0) is 21.3. The molecule has 0 aliphatic carbocycles. The van der Waals surface area contributed by atoms with Crippen LogP contribution in [0.5, 0.6) is 0 Å². The van der Waals surface area contributed by atoms with Gasteiger partial charge in [-0.1, -0.05) is 26.0 Å². The third-order valence-corrected chi connectivity index (χ3v) is 6.47. The highest BCUT2D eigenvalue weighted by molar-refractivity contribution is 5.96. The molecule has 4 rings (SSSR count). The Morgan fingerprint density at radius 1 is 1.17 bits per heavy atom. The predicted molar refractivity (Wildman–Crippen MR) is 116 cm³/mol. The fraction of sp³-hybridized carbons (Fsp3) is 0.440. The number of halogens is 1. The van der Waals surface area contributed by atoms with E-state index in [1.54, 1.807) is 12.1 Å². The van der Waals surface area contributed by atoms with Crippen molar-refractivity contribution < 1.29 is 9.18 Å². The van der Waals surface area contributed by atoms with Crippen molar-refractivity contribution in [1.82, 2.24) is 4.90 Å². The molecule has 156 valence electrons. The third-order valence-electron chi connectivity index (χ3n) is 6.47. The van der Waals surface area contributed by atoms with E-state index in [1.165, 1.54) is 11.6 Å². The molecule has 0 bridgehead atoms. The Balaban J connectivity index is 1.50. The first-order valence-corrected chi connectivity index (χ1v) is 10.7. The van der Waals surface area contributed by atoms with Gasteiger partial charge in [-0.05, 0) is 73.3 Å². The first kappa shape index (κ1) is 20.6. The highest BCUT2D eigenvalue weighted by Gasteiger charge is 2.46. The molecule has 2 aromatic rings. The van der Waals surface area contributed by atoms with Gasteiger partial charge in [0.15, 0.2) is 0 Å². The Bertz CT molecular complexity index is 969. The molecular weight excluding hydrogens is 377 g/mol. The number of hydrogen-bond donors (Lipinski definition) is 0. The summed E-state index contributed by atoms with van der Waals surface area (Å²) in [4.78, 5) is 17.2. The summed E-state index contributed by atoms with van der Waals surface area (Å²) in [5.74, 6) is 0.202. The first-order valence-electron chi connectivity index (χ1n) is 10.7. The minimum Gasteiger partial charge on any atom is -0.311 e. The summed E-state index contributed by atoms with van der Waals surface area (Å²) < 4.78 is 14.1. The van der Waals surface area contributed by atoms with Gasteiger partial charge in [0.25, 0.3) is 0 Å². The zero-order valence-electron chi connectivity index (χ0n) is 17.7. The molecule has 0 unspecified atom stereocenters. The molecule has 0 aromatic heterocycles. The van der Waals surface area contributed by atoms with Crippen LogP contribution in [0.25, 0.3) is 0 Å². The van der Waals surface area contributed by atoms with Gasteiger partial charge in [0.05, 0.1) is 11.6 Å². The Labute approximate surface area is 177 Å². The van der Waals surface area contributed by atoms with Gasteiger partial charge in [-0.2, -0.15) is 5.26 Å². The summed E-state index contributed by atoms with van der Waals surface area (Å²) in [5, 5.41) is 8.96. The standard InChI is InChI=1S/C25H28FN3O/c1-18(2)13-24(30)29-17-25(22-14-21(26)7-8-23(22)29)9-11-28(12-10-25)16-20-5-3-19(15-27)4-6-20/h3-8,14,18H,9-13,16-17H2,1-2H3. The van der Waals surface area contributed by atoms with Crippen molar-refractivity contribution in [2.75, 3.05) is 24.5 Å². The van der Waals surface area contributed by atoms with Crippen molar-refractivity contribution >= 4 is 11.6 Å². The third kappa shape index (κ3) is 3.97. The molecular formula is C25H28FN3O. The highest BCUT2D eigenvalue weighted by atomic mass is 19.1. The van der Waals surface area contributed by atoms with Gasteiger partial charge in [0.1, 0.15) is 5.82 Å². The van der Waals surface area contributed by atoms with Crippen molar-refractivity contribution in [3.63, 3.8) is 0 Å². The molecule has 5 heteroatoms. The zero-order valence-corrected chi connectivity index (χ0v) is 17.7. The van der Waals surface area contributed by atoms with Gasteiger partial charge in [-0.15, -0.1) is 0 Å². The molecule has 0 radical (unpaired) electrons. The summed E-state index contributed by atoms with van der Waals surface area (Å²) in [6, 6.07) is 14.8. The average Bonchev–Trinajstić information content (AvgIpc) is 3.03. The number of piperidine rings is 1. The van der Waals surface area contributed by atoms with Crippen LogP contribution < -0.4 is 4.90 Å². The van der Waals surface area contributed by atoms with Crippen LogP contribution in [0.1, 0.15) is 49.8 Å². The largest absolute Gasteiger partial charge is 0.311 e. The Morgan fingerprint density at radius 3 is 2.50 bits per heavy atom. The quantitative estimate of drug-likeness (QED) is 0.745. The van der Waals surface area contributed by atoms with Crippen molar-refractivity contribution in [3.05, 3.63) is 65.0 Å². The molecule has 0 atom stereocenters. The van der Waals surface area contributed by atoms with E-state index in [2.05, 4.69) is 24.8 Å². The van der Waals surface area contributed by atoms with E-state index in [1.807, 2.05) is 29.2 Å². The van der Waals surface area contributed by atoms with Crippen molar-refractivity contribution in [3.8, 4) is 6.07 Å². The highest BCUT2D eigenvalue weighted by Crippen LogP contribution is 2.47. The SMILES string of the molecule is CC(C)CC(=O)N1CC2(CCN(Cc3ccc(C#N)cc3)CC2)c2cc(F)ccc21. The number of fused-ring (bicyclic) bond motifs is 2. The molecule has 30 heavy (non-hydrogen) atoms. The van der Waals surface area contributed by atoms with Gasteiger partial charge in [-0.25, -0.2) is 4.39 Å². The smallest absolute Gasteiger partial charge is 0.227 e. The lowest BCUT2D eigenvalue weighted by Gasteiger charge is -2.40. The summed E-state index contributed by atoms with van der Waals surface area (Å²) >= 11 is 0. The maximum absolute atomic E-state index is 14.1. The second kappa shape index (κ2) is 8.20. The van der Waals surface area contributed by atoms with Crippen molar-refractivity contribution in [2.24, 2.45) is 5.92 Å². The summed E-state index contributed by atoms with van der Waals surface area (Å²) in [6.07, 6.45) is 2.33. The number of benzene rings is 2. The Kier molecular flexibility index (Phi) is 5.62.